The van der Waals surface area contributed by atoms with Gasteiger partial charge in [0, 0.05) is 23.3 Å². The van der Waals surface area contributed by atoms with E-state index in [1.807, 2.05) is 19.2 Å². The van der Waals surface area contributed by atoms with E-state index in [9.17, 15) is 14.7 Å². The normalized spacial score (nSPS) is 11.5. The van der Waals surface area contributed by atoms with Gasteiger partial charge in [0.05, 0.1) is 5.54 Å². The maximum Gasteiger partial charge on any atom is 0.352 e. The minimum absolute atomic E-state index is 0.0883. The number of hydrogen-bond acceptors (Lipinski definition) is 4. The molecular formula is C13H14N2O3S. The highest BCUT2D eigenvalue weighted by molar-refractivity contribution is 7.09. The van der Waals surface area contributed by atoms with Crippen molar-refractivity contribution in [2.45, 2.75) is 26.3 Å². The predicted molar refractivity (Wildman–Crippen MR) is 71.9 cm³/mol. The average Bonchev–Trinajstić information content (AvgIpc) is 2.99. The third-order valence-electron chi connectivity index (χ3n) is 3.00. The molecule has 6 heteroatoms. The first-order valence-corrected chi connectivity index (χ1v) is 6.59. The minimum atomic E-state index is -1.06. The summed E-state index contributed by atoms with van der Waals surface area (Å²) >= 11 is 1.45. The molecule has 0 saturated heterocycles. The number of thiazole rings is 1. The maximum atomic E-state index is 11.4. The van der Waals surface area contributed by atoms with Crippen LogP contribution >= 0.6 is 11.3 Å². The smallest absolute Gasteiger partial charge is 0.352 e. The Bertz CT molecular complexity index is 626. The molecule has 2 aromatic rings. The van der Waals surface area contributed by atoms with E-state index in [0.29, 0.717) is 5.56 Å². The zero-order valence-corrected chi connectivity index (χ0v) is 11.7. The summed E-state index contributed by atoms with van der Waals surface area (Å²) in [6, 6.07) is 1.40. The van der Waals surface area contributed by atoms with Crippen LogP contribution in [0.1, 0.15) is 46.6 Å². The van der Waals surface area contributed by atoms with Crippen LogP contribution in [0.25, 0.3) is 0 Å². The summed E-state index contributed by atoms with van der Waals surface area (Å²) in [4.78, 5) is 27.0. The number of aromatic nitrogens is 2. The molecular weight excluding hydrogens is 264 g/mol. The van der Waals surface area contributed by atoms with Crippen LogP contribution in [0.5, 0.6) is 0 Å². The second kappa shape index (κ2) is 4.62. The molecule has 5 nitrogen and oxygen atoms in total. The first kappa shape index (κ1) is 13.5. The molecule has 2 heterocycles. The molecule has 0 spiro atoms. The Hall–Kier alpha value is -1.95. The Labute approximate surface area is 114 Å². The molecule has 0 aliphatic carbocycles. The van der Waals surface area contributed by atoms with Gasteiger partial charge in [-0.05, 0) is 26.8 Å². The number of carbonyl (C=O) groups is 2. The highest BCUT2D eigenvalue weighted by Gasteiger charge is 2.30. The van der Waals surface area contributed by atoms with Crippen molar-refractivity contribution in [2.24, 2.45) is 0 Å². The molecule has 0 unspecified atom stereocenters. The van der Waals surface area contributed by atoms with Crippen LogP contribution in [0.3, 0.4) is 0 Å². The van der Waals surface area contributed by atoms with Gasteiger partial charge in [-0.2, -0.15) is 0 Å². The van der Waals surface area contributed by atoms with Gasteiger partial charge >= 0.3 is 5.97 Å². The molecule has 2 rings (SSSR count). The summed E-state index contributed by atoms with van der Waals surface area (Å²) < 4.78 is 1.59. The van der Waals surface area contributed by atoms with Gasteiger partial charge in [0.25, 0.3) is 0 Å². The van der Waals surface area contributed by atoms with Crippen LogP contribution in [0.2, 0.25) is 0 Å². The lowest BCUT2D eigenvalue weighted by atomic mass is 10.1. The third-order valence-corrected chi connectivity index (χ3v) is 4.09. The van der Waals surface area contributed by atoms with Crippen molar-refractivity contribution in [3.8, 4) is 0 Å². The number of rotatable bonds is 4. The largest absolute Gasteiger partial charge is 0.477 e. The van der Waals surface area contributed by atoms with Crippen molar-refractivity contribution in [2.75, 3.05) is 0 Å². The fourth-order valence-corrected chi connectivity index (χ4v) is 2.67. The molecule has 0 aromatic carbocycles. The lowest BCUT2D eigenvalue weighted by Gasteiger charge is -2.26. The summed E-state index contributed by atoms with van der Waals surface area (Å²) in [7, 11) is 0. The van der Waals surface area contributed by atoms with E-state index in [4.69, 9.17) is 0 Å². The minimum Gasteiger partial charge on any atom is -0.477 e. The van der Waals surface area contributed by atoms with E-state index in [0.717, 1.165) is 5.01 Å². The fraction of sp³-hybridized carbons (Fsp3) is 0.308. The van der Waals surface area contributed by atoms with Crippen LogP contribution in [0, 0.1) is 0 Å². The molecule has 0 aliphatic heterocycles. The Morgan fingerprint density at radius 1 is 1.42 bits per heavy atom. The Morgan fingerprint density at radius 2 is 2.11 bits per heavy atom. The van der Waals surface area contributed by atoms with Gasteiger partial charge in [-0.15, -0.1) is 11.3 Å². The SMILES string of the molecule is CC(=O)c1cc(C(=O)O)n(C(C)(C)c2nccs2)c1. The van der Waals surface area contributed by atoms with Gasteiger partial charge < -0.3 is 9.67 Å². The highest BCUT2D eigenvalue weighted by Crippen LogP contribution is 2.30. The number of carboxylic acid groups (broad SMARTS) is 1. The van der Waals surface area contributed by atoms with Gasteiger partial charge in [-0.3, -0.25) is 4.79 Å². The summed E-state index contributed by atoms with van der Waals surface area (Å²) in [6.07, 6.45) is 3.25. The van der Waals surface area contributed by atoms with Crippen molar-refractivity contribution in [3.63, 3.8) is 0 Å². The number of hydrogen-bond donors (Lipinski definition) is 1. The number of Topliss-reactive ketones (excluding diaryl/α,β-unsaturated/α-hetero) is 1. The monoisotopic (exact) mass is 278 g/mol. The zero-order valence-electron chi connectivity index (χ0n) is 10.9. The average molecular weight is 278 g/mol. The second-order valence-electron chi connectivity index (χ2n) is 4.74. The standard InChI is InChI=1S/C13H14N2O3S/c1-8(16)9-6-10(11(17)18)15(7-9)13(2,3)12-14-4-5-19-12/h4-7H,1-3H3,(H,17,18). The van der Waals surface area contributed by atoms with Crippen LogP contribution in [0.4, 0.5) is 0 Å². The highest BCUT2D eigenvalue weighted by atomic mass is 32.1. The van der Waals surface area contributed by atoms with E-state index >= 15 is 0 Å². The first-order chi connectivity index (χ1) is 8.84. The van der Waals surface area contributed by atoms with Crippen molar-refractivity contribution < 1.29 is 14.7 Å². The number of nitrogens with zero attached hydrogens (tertiary/aromatic N) is 2. The van der Waals surface area contributed by atoms with Gasteiger partial charge in [-0.25, -0.2) is 9.78 Å². The molecule has 100 valence electrons. The van der Waals surface area contributed by atoms with Crippen molar-refractivity contribution in [3.05, 3.63) is 40.1 Å². The molecule has 0 saturated carbocycles. The van der Waals surface area contributed by atoms with Crippen molar-refractivity contribution in [1.29, 1.82) is 0 Å². The summed E-state index contributed by atoms with van der Waals surface area (Å²) in [5.41, 5.74) is -0.136. The van der Waals surface area contributed by atoms with E-state index < -0.39 is 11.5 Å². The number of aromatic carboxylic acids is 1. The Morgan fingerprint density at radius 3 is 2.58 bits per heavy atom. The maximum absolute atomic E-state index is 11.4. The molecule has 0 atom stereocenters. The molecule has 2 aromatic heterocycles. The van der Waals surface area contributed by atoms with Gasteiger partial charge in [0.2, 0.25) is 0 Å². The van der Waals surface area contributed by atoms with E-state index in [2.05, 4.69) is 4.98 Å². The third kappa shape index (κ3) is 2.31. The van der Waals surface area contributed by atoms with E-state index in [1.165, 1.54) is 24.3 Å². The van der Waals surface area contributed by atoms with Gasteiger partial charge in [-0.1, -0.05) is 0 Å². The van der Waals surface area contributed by atoms with Crippen LogP contribution in [-0.2, 0) is 5.54 Å². The van der Waals surface area contributed by atoms with Gasteiger partial charge in [0.1, 0.15) is 10.7 Å². The summed E-state index contributed by atoms with van der Waals surface area (Å²) in [6.45, 7) is 5.17. The zero-order chi connectivity index (χ0) is 14.2. The Balaban J connectivity index is 2.61. The summed E-state index contributed by atoms with van der Waals surface area (Å²) in [5, 5.41) is 11.9. The number of carbonyl (C=O) groups excluding carboxylic acids is 1. The van der Waals surface area contributed by atoms with E-state index in [1.54, 1.807) is 17.0 Å². The van der Waals surface area contributed by atoms with Crippen molar-refractivity contribution >= 4 is 23.1 Å². The predicted octanol–water partition coefficient (Wildman–Crippen LogP) is 2.63. The molecule has 0 fully saturated rings. The quantitative estimate of drug-likeness (QED) is 0.873. The molecule has 1 N–H and O–H groups in total. The lowest BCUT2D eigenvalue weighted by molar-refractivity contribution is 0.0679. The van der Waals surface area contributed by atoms with E-state index in [-0.39, 0.29) is 11.5 Å². The van der Waals surface area contributed by atoms with Crippen LogP contribution in [-0.4, -0.2) is 26.4 Å². The molecule has 0 radical (unpaired) electrons. The lowest BCUT2D eigenvalue weighted by Crippen LogP contribution is -2.29. The Kier molecular flexibility index (Phi) is 3.28. The van der Waals surface area contributed by atoms with Gasteiger partial charge in [0.15, 0.2) is 5.78 Å². The molecule has 19 heavy (non-hydrogen) atoms. The van der Waals surface area contributed by atoms with Crippen molar-refractivity contribution in [1.82, 2.24) is 9.55 Å². The topological polar surface area (TPSA) is 72.2 Å². The fourth-order valence-electron chi connectivity index (χ4n) is 1.91. The van der Waals surface area contributed by atoms with Crippen LogP contribution in [0.15, 0.2) is 23.8 Å². The summed E-state index contributed by atoms with van der Waals surface area (Å²) in [5.74, 6) is -1.21. The number of carboxylic acids is 1. The first-order valence-electron chi connectivity index (χ1n) is 5.71. The molecule has 0 bridgehead atoms. The number of ketones is 1. The van der Waals surface area contributed by atoms with Crippen LogP contribution < -0.4 is 0 Å². The second-order valence-corrected chi connectivity index (χ2v) is 5.64. The molecule has 0 amide bonds. The molecule has 0 aliphatic rings.